The Kier molecular flexibility index (Phi) is 6.90. The number of benzene rings is 1. The molecule has 3 rings (SSSR count). The van der Waals surface area contributed by atoms with Gasteiger partial charge in [-0.05, 0) is 26.2 Å². The molecule has 0 bridgehead atoms. The molecule has 0 unspecified atom stereocenters. The Morgan fingerprint density at radius 3 is 2.62 bits per heavy atom. The smallest absolute Gasteiger partial charge is 0.329 e. The number of aromatic amines is 1. The summed E-state index contributed by atoms with van der Waals surface area (Å²) in [7, 11) is 5.33. The number of hydrogen-bond donors (Lipinski definition) is 3. The number of aryl methyl sites for hydroxylation is 1. The number of likely N-dealkylation sites (N-methyl/N-ethyl adjacent to an activating group) is 1. The first kappa shape index (κ1) is 23.0. The molecule has 0 saturated heterocycles. The summed E-state index contributed by atoms with van der Waals surface area (Å²) in [5.41, 5.74) is -0.932. The lowest BCUT2D eigenvalue weighted by Crippen LogP contribution is -2.31. The van der Waals surface area contributed by atoms with Crippen LogP contribution in [0.15, 0.2) is 33.9 Å². The molecule has 3 aromatic rings. The number of aliphatic hydroxyl groups is 1. The van der Waals surface area contributed by atoms with Crippen LogP contribution in [-0.2, 0) is 13.6 Å². The van der Waals surface area contributed by atoms with Gasteiger partial charge in [-0.15, -0.1) is 0 Å². The first-order valence-electron chi connectivity index (χ1n) is 9.81. The number of fused-ring (bicyclic) bond motifs is 1. The van der Waals surface area contributed by atoms with E-state index in [4.69, 9.17) is 4.74 Å². The standard InChI is InChI=1S/C19H25N7O6/c1-23(2)9-8-20-18-21-16-15(17(28)22-19(29)24(16)3)25(18)10-13(27)11-32-14-6-4-12(5-7-14)26(30)31/h4-7,13,27H,8-11H2,1-3H3,(H,20,21)(H,22,28,29)/t13-/m1/s1. The Hall–Kier alpha value is -3.71. The molecule has 0 amide bonds. The van der Waals surface area contributed by atoms with Gasteiger partial charge in [-0.2, -0.15) is 4.98 Å². The number of hydrogen-bond acceptors (Lipinski definition) is 9. The molecule has 0 aliphatic carbocycles. The fraction of sp³-hybridized carbons (Fsp3) is 0.421. The predicted octanol–water partition coefficient (Wildman–Crippen LogP) is -0.255. The highest BCUT2D eigenvalue weighted by Crippen LogP contribution is 2.19. The first-order valence-corrected chi connectivity index (χ1v) is 9.81. The van der Waals surface area contributed by atoms with Crippen LogP contribution in [0.5, 0.6) is 5.75 Å². The van der Waals surface area contributed by atoms with Gasteiger partial charge in [0, 0.05) is 32.3 Å². The summed E-state index contributed by atoms with van der Waals surface area (Å²) in [6.07, 6.45) is -1.03. The molecule has 0 aliphatic heterocycles. The highest BCUT2D eigenvalue weighted by Gasteiger charge is 2.20. The molecule has 172 valence electrons. The maximum absolute atomic E-state index is 12.5. The lowest BCUT2D eigenvalue weighted by atomic mass is 10.3. The van der Waals surface area contributed by atoms with Gasteiger partial charge < -0.3 is 24.6 Å². The van der Waals surface area contributed by atoms with E-state index in [2.05, 4.69) is 15.3 Å². The first-order chi connectivity index (χ1) is 15.2. The van der Waals surface area contributed by atoms with Gasteiger partial charge in [-0.1, -0.05) is 0 Å². The van der Waals surface area contributed by atoms with Crippen LogP contribution < -0.4 is 21.3 Å². The number of nitro benzene ring substituents is 1. The van der Waals surface area contributed by atoms with Crippen molar-refractivity contribution in [1.82, 2.24) is 24.0 Å². The minimum absolute atomic E-state index is 0.0327. The van der Waals surface area contributed by atoms with Crippen LogP contribution in [0.3, 0.4) is 0 Å². The third-order valence-electron chi connectivity index (χ3n) is 4.73. The number of aromatic nitrogens is 4. The normalized spacial score (nSPS) is 12.3. The summed E-state index contributed by atoms with van der Waals surface area (Å²) in [4.78, 5) is 43.2. The van der Waals surface area contributed by atoms with Crippen molar-refractivity contribution < 1.29 is 14.8 Å². The monoisotopic (exact) mass is 447 g/mol. The van der Waals surface area contributed by atoms with E-state index in [-0.39, 0.29) is 30.0 Å². The van der Waals surface area contributed by atoms with Gasteiger partial charge in [0.2, 0.25) is 5.95 Å². The Morgan fingerprint density at radius 1 is 1.31 bits per heavy atom. The van der Waals surface area contributed by atoms with Crippen molar-refractivity contribution in [2.45, 2.75) is 12.6 Å². The van der Waals surface area contributed by atoms with Gasteiger partial charge in [0.15, 0.2) is 11.2 Å². The fourth-order valence-electron chi connectivity index (χ4n) is 3.06. The lowest BCUT2D eigenvalue weighted by molar-refractivity contribution is -0.384. The van der Waals surface area contributed by atoms with E-state index in [0.717, 1.165) is 0 Å². The molecule has 1 aromatic carbocycles. The van der Waals surface area contributed by atoms with E-state index in [9.17, 15) is 24.8 Å². The zero-order valence-electron chi connectivity index (χ0n) is 17.9. The maximum Gasteiger partial charge on any atom is 0.329 e. The van der Waals surface area contributed by atoms with E-state index < -0.39 is 22.3 Å². The predicted molar refractivity (Wildman–Crippen MR) is 117 cm³/mol. The third-order valence-corrected chi connectivity index (χ3v) is 4.73. The van der Waals surface area contributed by atoms with Crippen molar-refractivity contribution in [2.75, 3.05) is 39.1 Å². The number of nitrogens with one attached hydrogen (secondary N) is 2. The van der Waals surface area contributed by atoms with Gasteiger partial charge in [0.1, 0.15) is 18.5 Å². The molecule has 0 aliphatic rings. The van der Waals surface area contributed by atoms with E-state index in [1.54, 1.807) is 0 Å². The van der Waals surface area contributed by atoms with Crippen LogP contribution in [-0.4, -0.2) is 73.9 Å². The number of imidazole rings is 1. The van der Waals surface area contributed by atoms with E-state index in [1.807, 2.05) is 19.0 Å². The van der Waals surface area contributed by atoms with Crippen molar-refractivity contribution in [3.05, 3.63) is 55.2 Å². The summed E-state index contributed by atoms with van der Waals surface area (Å²) in [6.45, 7) is 1.06. The molecule has 3 N–H and O–H groups in total. The molecule has 32 heavy (non-hydrogen) atoms. The van der Waals surface area contributed by atoms with Crippen molar-refractivity contribution in [3.8, 4) is 5.75 Å². The minimum atomic E-state index is -1.03. The molecule has 13 heteroatoms. The SMILES string of the molecule is CN(C)CCNc1nc2c(c(=O)[nH]c(=O)n2C)n1C[C@@H](O)COc1ccc([N+](=O)[O-])cc1. The van der Waals surface area contributed by atoms with Crippen LogP contribution in [0.1, 0.15) is 0 Å². The number of anilines is 1. The summed E-state index contributed by atoms with van der Waals surface area (Å²) in [5.74, 6) is 0.692. The number of ether oxygens (including phenoxy) is 1. The van der Waals surface area contributed by atoms with Crippen molar-refractivity contribution >= 4 is 22.8 Å². The molecular weight excluding hydrogens is 422 g/mol. The lowest BCUT2D eigenvalue weighted by Gasteiger charge is -2.16. The fourth-order valence-corrected chi connectivity index (χ4v) is 3.06. The highest BCUT2D eigenvalue weighted by molar-refractivity contribution is 5.74. The average Bonchev–Trinajstić information content (AvgIpc) is 3.09. The van der Waals surface area contributed by atoms with Gasteiger partial charge in [-0.25, -0.2) is 4.79 Å². The number of aliphatic hydroxyl groups excluding tert-OH is 1. The van der Waals surface area contributed by atoms with Gasteiger partial charge in [0.25, 0.3) is 11.2 Å². The van der Waals surface area contributed by atoms with Crippen molar-refractivity contribution in [3.63, 3.8) is 0 Å². The summed E-state index contributed by atoms with van der Waals surface area (Å²) < 4.78 is 8.25. The van der Waals surface area contributed by atoms with E-state index in [0.29, 0.717) is 24.8 Å². The highest BCUT2D eigenvalue weighted by atomic mass is 16.6. The molecule has 1 atom stereocenters. The number of nitro groups is 1. The zero-order chi connectivity index (χ0) is 23.4. The quantitative estimate of drug-likeness (QED) is 0.281. The minimum Gasteiger partial charge on any atom is -0.491 e. The van der Waals surface area contributed by atoms with Crippen LogP contribution in [0.4, 0.5) is 11.6 Å². The summed E-state index contributed by atoms with van der Waals surface area (Å²) >= 11 is 0. The van der Waals surface area contributed by atoms with Crippen molar-refractivity contribution in [2.24, 2.45) is 7.05 Å². The van der Waals surface area contributed by atoms with Crippen LogP contribution in [0.25, 0.3) is 11.2 Å². The number of rotatable bonds is 10. The number of non-ortho nitro benzene ring substituents is 1. The molecular formula is C19H25N7O6. The molecule has 0 radical (unpaired) electrons. The van der Waals surface area contributed by atoms with E-state index in [1.165, 1.54) is 40.4 Å². The van der Waals surface area contributed by atoms with Gasteiger partial charge >= 0.3 is 5.69 Å². The Morgan fingerprint density at radius 2 is 2.00 bits per heavy atom. The Bertz CT molecular complexity index is 1210. The summed E-state index contributed by atoms with van der Waals surface area (Å²) in [5, 5.41) is 24.4. The number of nitrogens with zero attached hydrogens (tertiary/aromatic N) is 5. The molecule has 13 nitrogen and oxygen atoms in total. The molecule has 0 spiro atoms. The van der Waals surface area contributed by atoms with Gasteiger partial charge in [0.05, 0.1) is 11.5 Å². The third kappa shape index (κ3) is 5.12. The zero-order valence-corrected chi connectivity index (χ0v) is 17.9. The average molecular weight is 447 g/mol. The Labute approximate surface area is 182 Å². The summed E-state index contributed by atoms with van der Waals surface area (Å²) in [6, 6.07) is 5.48. The van der Waals surface area contributed by atoms with Crippen LogP contribution >= 0.6 is 0 Å². The van der Waals surface area contributed by atoms with E-state index >= 15 is 0 Å². The second kappa shape index (κ2) is 9.62. The topological polar surface area (TPSA) is 161 Å². The van der Waals surface area contributed by atoms with Crippen LogP contribution in [0, 0.1) is 10.1 Å². The number of H-pyrrole nitrogens is 1. The maximum atomic E-state index is 12.5. The van der Waals surface area contributed by atoms with Crippen molar-refractivity contribution in [1.29, 1.82) is 0 Å². The second-order valence-electron chi connectivity index (χ2n) is 7.48. The molecule has 0 fully saturated rings. The largest absolute Gasteiger partial charge is 0.491 e. The molecule has 0 saturated carbocycles. The Balaban J connectivity index is 1.82. The molecule has 2 heterocycles. The van der Waals surface area contributed by atoms with Crippen LogP contribution in [0.2, 0.25) is 0 Å². The second-order valence-corrected chi connectivity index (χ2v) is 7.48. The van der Waals surface area contributed by atoms with Gasteiger partial charge in [-0.3, -0.25) is 24.5 Å². The molecule has 2 aromatic heterocycles.